The van der Waals surface area contributed by atoms with Gasteiger partial charge in [0.2, 0.25) is 11.8 Å². The van der Waals surface area contributed by atoms with Crippen molar-refractivity contribution < 1.29 is 17.9 Å². The lowest BCUT2D eigenvalue weighted by Crippen LogP contribution is -2.58. The highest BCUT2D eigenvalue weighted by atomic mass is 19.4. The Kier molecular flexibility index (Phi) is 4.14. The van der Waals surface area contributed by atoms with Gasteiger partial charge >= 0.3 is 6.18 Å². The highest BCUT2D eigenvalue weighted by Crippen LogP contribution is 2.42. The number of aromatic nitrogens is 6. The van der Waals surface area contributed by atoms with Gasteiger partial charge in [-0.25, -0.2) is 19.6 Å². The minimum atomic E-state index is -4.53. The van der Waals surface area contributed by atoms with Crippen LogP contribution in [-0.2, 0) is 10.9 Å². The normalized spacial score (nSPS) is 20.8. The molecule has 6 heterocycles. The second-order valence-corrected chi connectivity index (χ2v) is 8.92. The molecule has 168 valence electrons. The molecule has 6 rings (SSSR count). The number of alkyl halides is 3. The molecule has 0 saturated carbocycles. The van der Waals surface area contributed by atoms with E-state index in [0.29, 0.717) is 24.8 Å². The number of anilines is 2. The molecule has 32 heavy (non-hydrogen) atoms. The van der Waals surface area contributed by atoms with Crippen molar-refractivity contribution in [3.05, 3.63) is 30.1 Å². The third-order valence-corrected chi connectivity index (χ3v) is 6.62. The average Bonchev–Trinajstić information content (AvgIpc) is 3.28. The van der Waals surface area contributed by atoms with E-state index in [1.165, 1.54) is 12.4 Å². The average molecular weight is 446 g/mol. The fraction of sp³-hybridized carbons (Fsp3) is 0.550. The SMILES string of the molecule is Cc1nn(C2COC2)c2nc(N3CCC4(CN(c5cnc(C(F)(F)F)nc5)C4)C3)ncc12. The summed E-state index contributed by atoms with van der Waals surface area (Å²) < 4.78 is 45.3. The Labute approximate surface area is 181 Å². The van der Waals surface area contributed by atoms with Crippen LogP contribution in [0.5, 0.6) is 0 Å². The van der Waals surface area contributed by atoms with Crippen LogP contribution >= 0.6 is 0 Å². The molecule has 0 bridgehead atoms. The number of rotatable bonds is 3. The van der Waals surface area contributed by atoms with Gasteiger partial charge in [-0.15, -0.1) is 0 Å². The van der Waals surface area contributed by atoms with Gasteiger partial charge in [-0.3, -0.25) is 0 Å². The van der Waals surface area contributed by atoms with Crippen molar-refractivity contribution in [2.24, 2.45) is 5.41 Å². The Balaban J connectivity index is 1.17. The van der Waals surface area contributed by atoms with Gasteiger partial charge in [-0.05, 0) is 13.3 Å². The van der Waals surface area contributed by atoms with Crippen molar-refractivity contribution in [1.29, 1.82) is 0 Å². The first-order chi connectivity index (χ1) is 15.3. The molecule has 3 fully saturated rings. The summed E-state index contributed by atoms with van der Waals surface area (Å²) in [5.74, 6) is -0.425. The van der Waals surface area contributed by atoms with E-state index in [1.54, 1.807) is 0 Å². The van der Waals surface area contributed by atoms with E-state index < -0.39 is 12.0 Å². The summed E-state index contributed by atoms with van der Waals surface area (Å²) in [6.45, 7) is 6.38. The number of halogens is 3. The third kappa shape index (κ3) is 3.07. The third-order valence-electron chi connectivity index (χ3n) is 6.62. The zero-order chi connectivity index (χ0) is 22.1. The Morgan fingerprint density at radius 2 is 1.75 bits per heavy atom. The minimum Gasteiger partial charge on any atom is -0.377 e. The second-order valence-electron chi connectivity index (χ2n) is 8.92. The van der Waals surface area contributed by atoms with Crippen LogP contribution in [0.3, 0.4) is 0 Å². The van der Waals surface area contributed by atoms with Crippen molar-refractivity contribution in [3.63, 3.8) is 0 Å². The van der Waals surface area contributed by atoms with Gasteiger partial charge in [0, 0.05) is 37.8 Å². The number of aryl methyl sites for hydroxylation is 1. The fourth-order valence-electron chi connectivity index (χ4n) is 4.77. The molecule has 3 aliphatic rings. The van der Waals surface area contributed by atoms with E-state index >= 15 is 0 Å². The highest BCUT2D eigenvalue weighted by Gasteiger charge is 2.48. The summed E-state index contributed by atoms with van der Waals surface area (Å²) >= 11 is 0. The number of hydrogen-bond acceptors (Lipinski definition) is 8. The Morgan fingerprint density at radius 3 is 2.41 bits per heavy atom. The van der Waals surface area contributed by atoms with Crippen molar-refractivity contribution in [3.8, 4) is 0 Å². The summed E-state index contributed by atoms with van der Waals surface area (Å²) in [5.41, 5.74) is 2.42. The zero-order valence-corrected chi connectivity index (χ0v) is 17.4. The maximum Gasteiger partial charge on any atom is 0.451 e. The molecule has 1 spiro atoms. The van der Waals surface area contributed by atoms with Crippen LogP contribution in [0.25, 0.3) is 11.0 Å². The van der Waals surface area contributed by atoms with Crippen molar-refractivity contribution in [2.75, 3.05) is 49.2 Å². The van der Waals surface area contributed by atoms with Crippen LogP contribution in [0.1, 0.15) is 24.0 Å². The molecular formula is C20H21F3N8O. The lowest BCUT2D eigenvalue weighted by atomic mass is 9.79. The summed E-state index contributed by atoms with van der Waals surface area (Å²) in [6, 6.07) is 0.213. The van der Waals surface area contributed by atoms with E-state index in [9.17, 15) is 13.2 Å². The Morgan fingerprint density at radius 1 is 1.03 bits per heavy atom. The van der Waals surface area contributed by atoms with E-state index in [1.807, 2.05) is 22.7 Å². The van der Waals surface area contributed by atoms with E-state index in [2.05, 4.69) is 25.0 Å². The molecule has 12 heteroatoms. The first-order valence-electron chi connectivity index (χ1n) is 10.5. The van der Waals surface area contributed by atoms with Gasteiger partial charge in [0.05, 0.1) is 42.4 Å². The molecule has 9 nitrogen and oxygen atoms in total. The summed E-state index contributed by atoms with van der Waals surface area (Å²) in [5, 5.41) is 5.58. The molecule has 0 atom stereocenters. The Bertz CT molecular complexity index is 1170. The summed E-state index contributed by atoms with van der Waals surface area (Å²) in [7, 11) is 0. The van der Waals surface area contributed by atoms with Crippen LogP contribution in [-0.4, -0.2) is 69.1 Å². The monoisotopic (exact) mass is 446 g/mol. The highest BCUT2D eigenvalue weighted by molar-refractivity contribution is 5.78. The molecule has 0 aliphatic carbocycles. The van der Waals surface area contributed by atoms with Crippen molar-refractivity contribution >= 4 is 22.7 Å². The smallest absolute Gasteiger partial charge is 0.377 e. The molecular weight excluding hydrogens is 425 g/mol. The van der Waals surface area contributed by atoms with Gasteiger partial charge in [0.25, 0.3) is 0 Å². The van der Waals surface area contributed by atoms with Crippen molar-refractivity contribution in [1.82, 2.24) is 29.7 Å². The van der Waals surface area contributed by atoms with Gasteiger partial charge < -0.3 is 14.5 Å². The predicted octanol–water partition coefficient (Wildman–Crippen LogP) is 2.23. The molecule has 0 aromatic carbocycles. The van der Waals surface area contributed by atoms with Gasteiger partial charge in [0.1, 0.15) is 6.04 Å². The van der Waals surface area contributed by atoms with E-state index in [-0.39, 0.29) is 11.5 Å². The fourth-order valence-corrected chi connectivity index (χ4v) is 4.77. The number of nitrogens with zero attached hydrogens (tertiary/aromatic N) is 8. The Hall–Kier alpha value is -3.02. The zero-order valence-electron chi connectivity index (χ0n) is 17.4. The standard InChI is InChI=1S/C20H21F3N8O/c1-12-15-6-26-18(27-16(15)31(28-12)14-7-32-8-14)29-3-2-19(9-29)10-30(11-19)13-4-24-17(25-5-13)20(21,22)23/h4-6,14H,2-3,7-11H2,1H3. The maximum atomic E-state index is 12.7. The molecule has 3 aliphatic heterocycles. The molecule has 0 amide bonds. The maximum absolute atomic E-state index is 12.7. The first-order valence-corrected chi connectivity index (χ1v) is 10.5. The summed E-state index contributed by atoms with van der Waals surface area (Å²) in [4.78, 5) is 20.6. The number of hydrogen-bond donors (Lipinski definition) is 0. The molecule has 0 radical (unpaired) electrons. The van der Waals surface area contributed by atoms with Crippen molar-refractivity contribution in [2.45, 2.75) is 25.6 Å². The van der Waals surface area contributed by atoms with E-state index in [0.717, 1.165) is 49.3 Å². The number of fused-ring (bicyclic) bond motifs is 1. The molecule has 0 N–H and O–H groups in total. The first kappa shape index (κ1) is 19.6. The van der Waals surface area contributed by atoms with Crippen LogP contribution < -0.4 is 9.80 Å². The molecule has 3 saturated heterocycles. The number of ether oxygens (including phenoxy) is 1. The lowest BCUT2D eigenvalue weighted by Gasteiger charge is -2.49. The van der Waals surface area contributed by atoms with Crippen LogP contribution in [0.4, 0.5) is 24.8 Å². The molecule has 3 aromatic heterocycles. The van der Waals surface area contributed by atoms with Gasteiger partial charge in [0.15, 0.2) is 5.65 Å². The molecule has 0 unspecified atom stereocenters. The van der Waals surface area contributed by atoms with Crippen LogP contribution in [0, 0.1) is 12.3 Å². The topological polar surface area (TPSA) is 85.1 Å². The van der Waals surface area contributed by atoms with Crippen LogP contribution in [0.2, 0.25) is 0 Å². The molecule has 3 aromatic rings. The summed E-state index contributed by atoms with van der Waals surface area (Å²) in [6.07, 6.45) is 0.788. The quantitative estimate of drug-likeness (QED) is 0.606. The van der Waals surface area contributed by atoms with Gasteiger partial charge in [-0.1, -0.05) is 0 Å². The minimum absolute atomic E-state index is 0.0684. The second kappa shape index (κ2) is 6.74. The van der Waals surface area contributed by atoms with E-state index in [4.69, 9.17) is 9.72 Å². The van der Waals surface area contributed by atoms with Gasteiger partial charge in [-0.2, -0.15) is 23.3 Å². The predicted molar refractivity (Wildman–Crippen MR) is 108 cm³/mol. The largest absolute Gasteiger partial charge is 0.451 e. The van der Waals surface area contributed by atoms with Crippen LogP contribution in [0.15, 0.2) is 18.6 Å². The lowest BCUT2D eigenvalue weighted by molar-refractivity contribution is -0.145.